The van der Waals surface area contributed by atoms with Crippen molar-refractivity contribution in [2.75, 3.05) is 31.7 Å². The third kappa shape index (κ3) is 4.02. The first-order valence-corrected chi connectivity index (χ1v) is 5.92. The van der Waals surface area contributed by atoms with Crippen molar-refractivity contribution in [3.63, 3.8) is 0 Å². The van der Waals surface area contributed by atoms with E-state index >= 15 is 0 Å². The van der Waals surface area contributed by atoms with Crippen LogP contribution in [0.2, 0.25) is 0 Å². The molecule has 19 heavy (non-hydrogen) atoms. The molecule has 3 N–H and O–H groups in total. The van der Waals surface area contributed by atoms with Gasteiger partial charge in [0.1, 0.15) is 0 Å². The lowest BCUT2D eigenvalue weighted by molar-refractivity contribution is -0.137. The van der Waals surface area contributed by atoms with E-state index in [0.717, 1.165) is 12.1 Å². The van der Waals surface area contributed by atoms with Gasteiger partial charge in [0.15, 0.2) is 0 Å². The predicted octanol–water partition coefficient (Wildman–Crippen LogP) is 3.04. The fraction of sp³-hybridized carbons (Fsp3) is 0.538. The molecule has 108 valence electrons. The first kappa shape index (κ1) is 15.6. The van der Waals surface area contributed by atoms with Gasteiger partial charge in [-0.25, -0.2) is 0 Å². The van der Waals surface area contributed by atoms with Crippen molar-refractivity contribution in [3.05, 3.63) is 23.8 Å². The second-order valence-electron chi connectivity index (χ2n) is 5.36. The molecule has 6 heteroatoms. The summed E-state index contributed by atoms with van der Waals surface area (Å²) < 4.78 is 37.5. The molecule has 3 nitrogen and oxygen atoms in total. The highest BCUT2D eigenvalue weighted by Gasteiger charge is 2.31. The van der Waals surface area contributed by atoms with Crippen molar-refractivity contribution < 1.29 is 13.2 Å². The monoisotopic (exact) mass is 275 g/mol. The largest absolute Gasteiger partial charge is 0.416 e. The second kappa shape index (κ2) is 5.28. The number of benzene rings is 1. The number of nitrogens with zero attached hydrogens (tertiary/aromatic N) is 1. The lowest BCUT2D eigenvalue weighted by Gasteiger charge is -2.33. The predicted molar refractivity (Wildman–Crippen MR) is 72.1 cm³/mol. The Bertz CT molecular complexity index is 439. The minimum Gasteiger partial charge on any atom is -0.397 e. The van der Waals surface area contributed by atoms with Gasteiger partial charge in [-0.05, 0) is 46.1 Å². The van der Waals surface area contributed by atoms with Crippen molar-refractivity contribution in [3.8, 4) is 0 Å². The Hall–Kier alpha value is -1.43. The average molecular weight is 275 g/mol. The fourth-order valence-electron chi connectivity index (χ4n) is 1.37. The normalized spacial score (nSPS) is 12.8. The molecule has 0 spiro atoms. The molecular weight excluding hydrogens is 255 g/mol. The maximum absolute atomic E-state index is 12.5. The lowest BCUT2D eigenvalue weighted by Crippen LogP contribution is -2.44. The Morgan fingerprint density at radius 1 is 1.21 bits per heavy atom. The Balaban J connectivity index is 2.82. The van der Waals surface area contributed by atoms with Crippen LogP contribution >= 0.6 is 0 Å². The van der Waals surface area contributed by atoms with E-state index in [2.05, 4.69) is 5.32 Å². The van der Waals surface area contributed by atoms with Crippen molar-refractivity contribution in [2.45, 2.75) is 25.6 Å². The molecule has 0 aliphatic carbocycles. The Labute approximate surface area is 111 Å². The van der Waals surface area contributed by atoms with Crippen molar-refractivity contribution >= 4 is 11.4 Å². The summed E-state index contributed by atoms with van der Waals surface area (Å²) in [6, 6.07) is 3.34. The number of alkyl halides is 3. The summed E-state index contributed by atoms with van der Waals surface area (Å²) in [5.41, 5.74) is 5.40. The summed E-state index contributed by atoms with van der Waals surface area (Å²) in [6.07, 6.45) is -4.37. The number of rotatable bonds is 4. The van der Waals surface area contributed by atoms with Crippen LogP contribution in [0, 0.1) is 0 Å². The lowest BCUT2D eigenvalue weighted by atomic mass is 10.0. The number of halogens is 3. The molecule has 0 aliphatic rings. The standard InChI is InChI=1S/C13H20F3N3/c1-12(2,19(3)4)8-18-11-6-5-9(7-10(11)17)13(14,15)16/h5-7,18H,8,17H2,1-4H3. The van der Waals surface area contributed by atoms with Gasteiger partial charge in [-0.3, -0.25) is 0 Å². The molecule has 0 unspecified atom stereocenters. The molecule has 1 aromatic rings. The van der Waals surface area contributed by atoms with E-state index in [1.165, 1.54) is 6.07 Å². The number of hydrogen-bond acceptors (Lipinski definition) is 3. The molecule has 1 aromatic carbocycles. The van der Waals surface area contributed by atoms with E-state index in [1.54, 1.807) is 0 Å². The molecule has 0 fully saturated rings. The molecular formula is C13H20F3N3. The topological polar surface area (TPSA) is 41.3 Å². The van der Waals surface area contributed by atoms with Gasteiger partial charge in [0.05, 0.1) is 16.9 Å². The Morgan fingerprint density at radius 3 is 2.21 bits per heavy atom. The molecule has 0 saturated heterocycles. The quantitative estimate of drug-likeness (QED) is 0.830. The van der Waals surface area contributed by atoms with Crippen LogP contribution in [0.4, 0.5) is 24.5 Å². The zero-order chi connectivity index (χ0) is 14.8. The van der Waals surface area contributed by atoms with Crippen molar-refractivity contribution in [1.29, 1.82) is 0 Å². The van der Waals surface area contributed by atoms with Gasteiger partial charge in [0.2, 0.25) is 0 Å². The molecule has 0 bridgehead atoms. The van der Waals surface area contributed by atoms with E-state index in [-0.39, 0.29) is 11.2 Å². The van der Waals surface area contributed by atoms with E-state index in [0.29, 0.717) is 12.2 Å². The number of hydrogen-bond donors (Lipinski definition) is 2. The van der Waals surface area contributed by atoms with Crippen molar-refractivity contribution in [1.82, 2.24) is 4.90 Å². The molecule has 0 radical (unpaired) electrons. The summed E-state index contributed by atoms with van der Waals surface area (Å²) >= 11 is 0. The zero-order valence-corrected chi connectivity index (χ0v) is 11.6. The Morgan fingerprint density at radius 2 is 1.79 bits per heavy atom. The van der Waals surface area contributed by atoms with Crippen LogP contribution < -0.4 is 11.1 Å². The van der Waals surface area contributed by atoms with Gasteiger partial charge in [0.25, 0.3) is 0 Å². The number of anilines is 2. The SMILES string of the molecule is CN(C)C(C)(C)CNc1ccc(C(F)(F)F)cc1N. The van der Waals surface area contributed by atoms with Gasteiger partial charge in [0, 0.05) is 12.1 Å². The summed E-state index contributed by atoms with van der Waals surface area (Å²) in [6.45, 7) is 4.64. The second-order valence-corrected chi connectivity index (χ2v) is 5.36. The summed E-state index contributed by atoms with van der Waals surface area (Å²) in [5.74, 6) is 0. The van der Waals surface area contributed by atoms with Crippen LogP contribution in [0.25, 0.3) is 0 Å². The van der Waals surface area contributed by atoms with E-state index in [4.69, 9.17) is 5.73 Å². The van der Waals surface area contributed by atoms with Gasteiger partial charge >= 0.3 is 6.18 Å². The average Bonchev–Trinajstić information content (AvgIpc) is 2.25. The molecule has 0 aliphatic heterocycles. The van der Waals surface area contributed by atoms with Gasteiger partial charge in [-0.2, -0.15) is 13.2 Å². The van der Waals surface area contributed by atoms with Crippen LogP contribution in [0.1, 0.15) is 19.4 Å². The summed E-state index contributed by atoms with van der Waals surface area (Å²) in [5, 5.41) is 3.08. The van der Waals surface area contributed by atoms with Crippen LogP contribution in [0.5, 0.6) is 0 Å². The Kier molecular flexibility index (Phi) is 4.35. The minimum absolute atomic E-state index is 0.101. The molecule has 0 aromatic heterocycles. The molecule has 0 amide bonds. The highest BCUT2D eigenvalue weighted by Crippen LogP contribution is 2.32. The summed E-state index contributed by atoms with van der Waals surface area (Å²) in [7, 11) is 3.88. The van der Waals surface area contributed by atoms with E-state index in [9.17, 15) is 13.2 Å². The molecule has 0 heterocycles. The number of nitrogen functional groups attached to an aromatic ring is 1. The third-order valence-corrected chi connectivity index (χ3v) is 3.30. The fourth-order valence-corrected chi connectivity index (χ4v) is 1.37. The zero-order valence-electron chi connectivity index (χ0n) is 11.6. The minimum atomic E-state index is -4.37. The first-order valence-electron chi connectivity index (χ1n) is 5.92. The van der Waals surface area contributed by atoms with Crippen LogP contribution in [0.15, 0.2) is 18.2 Å². The van der Waals surface area contributed by atoms with Crippen LogP contribution in [-0.4, -0.2) is 31.1 Å². The number of nitrogens with two attached hydrogens (primary N) is 1. The maximum Gasteiger partial charge on any atom is 0.416 e. The molecule has 0 atom stereocenters. The molecule has 1 rings (SSSR count). The van der Waals surface area contributed by atoms with Crippen molar-refractivity contribution in [2.24, 2.45) is 0 Å². The number of likely N-dealkylation sites (N-methyl/N-ethyl adjacent to an activating group) is 1. The molecule has 0 saturated carbocycles. The van der Waals surface area contributed by atoms with Crippen LogP contribution in [-0.2, 0) is 6.18 Å². The summed E-state index contributed by atoms with van der Waals surface area (Å²) in [4.78, 5) is 2.03. The van der Waals surface area contributed by atoms with E-state index < -0.39 is 11.7 Å². The van der Waals surface area contributed by atoms with Crippen LogP contribution in [0.3, 0.4) is 0 Å². The van der Waals surface area contributed by atoms with Gasteiger partial charge < -0.3 is 16.0 Å². The highest BCUT2D eigenvalue weighted by atomic mass is 19.4. The smallest absolute Gasteiger partial charge is 0.397 e. The van der Waals surface area contributed by atoms with Gasteiger partial charge in [-0.15, -0.1) is 0 Å². The first-order chi connectivity index (χ1) is 8.54. The highest BCUT2D eigenvalue weighted by molar-refractivity contribution is 5.67. The van der Waals surface area contributed by atoms with Gasteiger partial charge in [-0.1, -0.05) is 0 Å². The van der Waals surface area contributed by atoms with E-state index in [1.807, 2.05) is 32.8 Å². The third-order valence-electron chi connectivity index (χ3n) is 3.30. The maximum atomic E-state index is 12.5. The number of nitrogens with one attached hydrogen (secondary N) is 1.